The van der Waals surface area contributed by atoms with Crippen molar-refractivity contribution in [2.45, 2.75) is 64.7 Å². The fraction of sp³-hybridized carbons (Fsp3) is 0.556. The Bertz CT molecular complexity index is 494. The summed E-state index contributed by atoms with van der Waals surface area (Å²) in [4.78, 5) is 23.5. The summed E-state index contributed by atoms with van der Waals surface area (Å²) in [6.07, 6.45) is 6.72. The molecule has 0 amide bonds. The molecule has 0 unspecified atom stereocenters. The van der Waals surface area contributed by atoms with Gasteiger partial charge in [-0.2, -0.15) is 0 Å². The highest BCUT2D eigenvalue weighted by molar-refractivity contribution is 5.99. The number of aryl methyl sites for hydroxylation is 1. The maximum absolute atomic E-state index is 11.8. The van der Waals surface area contributed by atoms with Crippen molar-refractivity contribution in [3.63, 3.8) is 0 Å². The van der Waals surface area contributed by atoms with E-state index in [4.69, 9.17) is 0 Å². The van der Waals surface area contributed by atoms with E-state index >= 15 is 0 Å². The minimum Gasteiger partial charge on any atom is -0.504 e. The lowest BCUT2D eigenvalue weighted by Gasteiger charge is -2.04. The summed E-state index contributed by atoms with van der Waals surface area (Å²) in [7, 11) is 0. The third-order valence-corrected chi connectivity index (χ3v) is 3.69. The van der Waals surface area contributed by atoms with Gasteiger partial charge in [0, 0.05) is 12.8 Å². The van der Waals surface area contributed by atoms with Crippen molar-refractivity contribution in [2.24, 2.45) is 0 Å². The molecular formula is C18H26O4. The number of rotatable bonds is 11. The first kappa shape index (κ1) is 18.2. The molecule has 2 N–H and O–H groups in total. The van der Waals surface area contributed by atoms with Crippen LogP contribution < -0.4 is 0 Å². The van der Waals surface area contributed by atoms with E-state index in [2.05, 4.69) is 6.92 Å². The average molecular weight is 306 g/mol. The maximum Gasteiger partial charge on any atom is 0.157 e. The molecule has 22 heavy (non-hydrogen) atoms. The minimum absolute atomic E-state index is 0.0117. The number of carbonyl (C=O) groups is 2. The van der Waals surface area contributed by atoms with Gasteiger partial charge in [-0.3, -0.25) is 9.59 Å². The lowest BCUT2D eigenvalue weighted by molar-refractivity contribution is -0.127. The van der Waals surface area contributed by atoms with Crippen LogP contribution in [0.2, 0.25) is 0 Å². The van der Waals surface area contributed by atoms with Gasteiger partial charge in [-0.15, -0.1) is 0 Å². The third-order valence-electron chi connectivity index (χ3n) is 3.69. The molecule has 0 aliphatic heterocycles. The molecule has 4 nitrogen and oxygen atoms in total. The molecule has 0 heterocycles. The first-order valence-corrected chi connectivity index (χ1v) is 8.07. The van der Waals surface area contributed by atoms with Gasteiger partial charge in [0.15, 0.2) is 11.5 Å². The molecule has 1 aromatic carbocycles. The molecule has 0 saturated heterocycles. The van der Waals surface area contributed by atoms with Gasteiger partial charge in [0.25, 0.3) is 0 Å². The summed E-state index contributed by atoms with van der Waals surface area (Å²) in [5, 5.41) is 18.6. The zero-order valence-electron chi connectivity index (χ0n) is 13.3. The van der Waals surface area contributed by atoms with Crippen molar-refractivity contribution in [1.29, 1.82) is 0 Å². The Labute approximate surface area is 132 Å². The van der Waals surface area contributed by atoms with Crippen molar-refractivity contribution < 1.29 is 19.8 Å². The number of hydrogen-bond donors (Lipinski definition) is 2. The van der Waals surface area contributed by atoms with E-state index in [1.54, 1.807) is 6.07 Å². The van der Waals surface area contributed by atoms with Crippen LogP contribution in [-0.2, 0) is 16.0 Å². The fourth-order valence-corrected chi connectivity index (χ4v) is 2.33. The van der Waals surface area contributed by atoms with Crippen molar-refractivity contribution in [3.8, 4) is 11.5 Å². The fourth-order valence-electron chi connectivity index (χ4n) is 2.33. The third kappa shape index (κ3) is 7.25. The predicted molar refractivity (Wildman–Crippen MR) is 86.1 cm³/mol. The number of Topliss-reactive ketones (excluding diaryl/α,β-unsaturated/α-hetero) is 2. The molecule has 0 aromatic heterocycles. The molecule has 0 aliphatic rings. The van der Waals surface area contributed by atoms with Gasteiger partial charge in [-0.25, -0.2) is 0 Å². The van der Waals surface area contributed by atoms with Crippen LogP contribution in [0.4, 0.5) is 0 Å². The van der Waals surface area contributed by atoms with Gasteiger partial charge >= 0.3 is 0 Å². The Morgan fingerprint density at radius 2 is 1.59 bits per heavy atom. The number of phenols is 2. The zero-order chi connectivity index (χ0) is 16.4. The highest BCUT2D eigenvalue weighted by atomic mass is 16.3. The summed E-state index contributed by atoms with van der Waals surface area (Å²) in [6, 6.07) is 4.51. The zero-order valence-corrected chi connectivity index (χ0v) is 13.3. The van der Waals surface area contributed by atoms with Crippen molar-refractivity contribution >= 4 is 11.6 Å². The molecule has 0 radical (unpaired) electrons. The minimum atomic E-state index is -0.187. The average Bonchev–Trinajstić information content (AvgIpc) is 2.48. The summed E-state index contributed by atoms with van der Waals surface area (Å²) in [5.41, 5.74) is 0.774. The Morgan fingerprint density at radius 1 is 0.909 bits per heavy atom. The number of hydrogen-bond acceptors (Lipinski definition) is 4. The molecule has 4 heteroatoms. The summed E-state index contributed by atoms with van der Waals surface area (Å²) < 4.78 is 0. The number of phenolic OH excluding ortho intramolecular Hbond substituents is 2. The van der Waals surface area contributed by atoms with Crippen molar-refractivity contribution in [1.82, 2.24) is 0 Å². The second-order valence-electron chi connectivity index (χ2n) is 5.74. The van der Waals surface area contributed by atoms with E-state index in [1.165, 1.54) is 25.0 Å². The monoisotopic (exact) mass is 306 g/mol. The molecule has 1 rings (SSSR count). The molecule has 0 bridgehead atoms. The molecule has 0 aliphatic carbocycles. The second kappa shape index (κ2) is 9.98. The number of ketones is 2. The van der Waals surface area contributed by atoms with Gasteiger partial charge in [0.05, 0.1) is 6.42 Å². The van der Waals surface area contributed by atoms with E-state index in [9.17, 15) is 19.8 Å². The quantitative estimate of drug-likeness (QED) is 0.369. The normalized spacial score (nSPS) is 10.6. The molecule has 0 atom stereocenters. The second-order valence-corrected chi connectivity index (χ2v) is 5.74. The largest absolute Gasteiger partial charge is 0.504 e. The van der Waals surface area contributed by atoms with Crippen LogP contribution >= 0.6 is 0 Å². The predicted octanol–water partition coefficient (Wildman–Crippen LogP) is 3.92. The molecule has 0 spiro atoms. The van der Waals surface area contributed by atoms with Crippen LogP contribution in [0.3, 0.4) is 0 Å². The van der Waals surface area contributed by atoms with Gasteiger partial charge in [-0.05, 0) is 30.5 Å². The number of aromatic hydroxyl groups is 2. The molecule has 1 aromatic rings. The molecule has 0 saturated carbocycles. The van der Waals surface area contributed by atoms with Crippen LogP contribution in [0, 0.1) is 0 Å². The van der Waals surface area contributed by atoms with Crippen LogP contribution in [0.5, 0.6) is 11.5 Å². The lowest BCUT2D eigenvalue weighted by atomic mass is 10.0. The summed E-state index contributed by atoms with van der Waals surface area (Å²) in [5.74, 6) is -0.400. The van der Waals surface area contributed by atoms with Crippen LogP contribution in [0.25, 0.3) is 0 Å². The summed E-state index contributed by atoms with van der Waals surface area (Å²) in [6.45, 7) is 2.15. The number of unbranched alkanes of at least 4 members (excludes halogenated alkanes) is 4. The topological polar surface area (TPSA) is 74.6 Å². The smallest absolute Gasteiger partial charge is 0.157 e. The van der Waals surface area contributed by atoms with Crippen LogP contribution in [0.15, 0.2) is 18.2 Å². The molecule has 0 fully saturated rings. The number of carbonyl (C=O) groups excluding carboxylic acids is 2. The Kier molecular flexibility index (Phi) is 8.26. The Morgan fingerprint density at radius 3 is 2.27 bits per heavy atom. The van der Waals surface area contributed by atoms with E-state index in [0.29, 0.717) is 12.8 Å². The van der Waals surface area contributed by atoms with Crippen molar-refractivity contribution in [3.05, 3.63) is 23.8 Å². The maximum atomic E-state index is 11.8. The van der Waals surface area contributed by atoms with Gasteiger partial charge in [0.2, 0.25) is 0 Å². The number of benzene rings is 1. The molecule has 122 valence electrons. The van der Waals surface area contributed by atoms with E-state index in [1.807, 2.05) is 0 Å². The van der Waals surface area contributed by atoms with E-state index in [-0.39, 0.29) is 35.9 Å². The highest BCUT2D eigenvalue weighted by Gasteiger charge is 2.10. The Hall–Kier alpha value is -1.84. The Balaban J connectivity index is 2.22. The van der Waals surface area contributed by atoms with Crippen LogP contribution in [-0.4, -0.2) is 21.8 Å². The van der Waals surface area contributed by atoms with Gasteiger partial charge < -0.3 is 10.2 Å². The van der Waals surface area contributed by atoms with Gasteiger partial charge in [-0.1, -0.05) is 38.7 Å². The SMILES string of the molecule is CCCCCCCC(=O)CC(=O)CCc1ccc(O)c(O)c1. The van der Waals surface area contributed by atoms with E-state index < -0.39 is 0 Å². The van der Waals surface area contributed by atoms with E-state index in [0.717, 1.165) is 24.8 Å². The highest BCUT2D eigenvalue weighted by Crippen LogP contribution is 2.25. The summed E-state index contributed by atoms with van der Waals surface area (Å²) >= 11 is 0. The molecular weight excluding hydrogens is 280 g/mol. The standard InChI is InChI=1S/C18H26O4/c1-2-3-4-5-6-7-15(19)13-16(20)10-8-14-9-11-17(21)18(22)12-14/h9,11-12,21-22H,2-8,10,13H2,1H3. The first-order valence-electron chi connectivity index (χ1n) is 8.07. The van der Waals surface area contributed by atoms with Crippen molar-refractivity contribution in [2.75, 3.05) is 0 Å². The van der Waals surface area contributed by atoms with Gasteiger partial charge in [0.1, 0.15) is 11.6 Å². The first-order chi connectivity index (χ1) is 10.5. The lowest BCUT2D eigenvalue weighted by Crippen LogP contribution is -2.08. The van der Waals surface area contributed by atoms with Crippen LogP contribution in [0.1, 0.15) is 63.9 Å².